The van der Waals surface area contributed by atoms with Crippen molar-refractivity contribution in [3.63, 3.8) is 0 Å². The number of amides is 2. The number of piperidine rings is 1. The first-order chi connectivity index (χ1) is 15.7. The number of benzene rings is 1. The Labute approximate surface area is 194 Å². The van der Waals surface area contributed by atoms with Crippen molar-refractivity contribution in [1.29, 1.82) is 0 Å². The molecule has 180 valence electrons. The summed E-state index contributed by atoms with van der Waals surface area (Å²) in [7, 11) is 1.72. The fourth-order valence-electron chi connectivity index (χ4n) is 5.31. The molecule has 6 nitrogen and oxygen atoms in total. The van der Waals surface area contributed by atoms with E-state index < -0.39 is 0 Å². The number of nitrogens with one attached hydrogen (secondary N) is 1. The molecule has 3 atom stereocenters. The molecule has 1 heterocycles. The molecule has 0 aromatic heterocycles. The van der Waals surface area contributed by atoms with Crippen LogP contribution >= 0.6 is 0 Å². The predicted molar refractivity (Wildman–Crippen MR) is 128 cm³/mol. The SMILES string of the molecule is COCCCO[C@@H](c1ccccc1)[C@@H]1CCCN(C(=O)N[C@H](CN)CC2CCCCC2)C1. The maximum absolute atomic E-state index is 13.1. The topological polar surface area (TPSA) is 76.8 Å². The van der Waals surface area contributed by atoms with E-state index >= 15 is 0 Å². The summed E-state index contributed by atoms with van der Waals surface area (Å²) in [6, 6.07) is 10.5. The molecule has 3 rings (SSSR count). The van der Waals surface area contributed by atoms with Crippen LogP contribution in [0.15, 0.2) is 30.3 Å². The molecule has 1 aromatic rings. The van der Waals surface area contributed by atoms with Crippen molar-refractivity contribution >= 4 is 6.03 Å². The van der Waals surface area contributed by atoms with Crippen molar-refractivity contribution in [2.75, 3.05) is 40.0 Å². The van der Waals surface area contributed by atoms with Gasteiger partial charge in [-0.2, -0.15) is 0 Å². The Morgan fingerprint density at radius 3 is 2.62 bits per heavy atom. The molecule has 1 saturated carbocycles. The zero-order chi connectivity index (χ0) is 22.6. The highest BCUT2D eigenvalue weighted by atomic mass is 16.5. The van der Waals surface area contributed by atoms with Gasteiger partial charge in [-0.3, -0.25) is 0 Å². The van der Waals surface area contributed by atoms with E-state index in [1.54, 1.807) is 7.11 Å². The van der Waals surface area contributed by atoms with Gasteiger partial charge in [0.2, 0.25) is 0 Å². The van der Waals surface area contributed by atoms with Gasteiger partial charge in [-0.25, -0.2) is 4.79 Å². The Hall–Kier alpha value is -1.63. The van der Waals surface area contributed by atoms with Gasteiger partial charge in [0.05, 0.1) is 6.10 Å². The maximum atomic E-state index is 13.1. The van der Waals surface area contributed by atoms with Gasteiger partial charge >= 0.3 is 6.03 Å². The van der Waals surface area contributed by atoms with Crippen molar-refractivity contribution in [1.82, 2.24) is 10.2 Å². The third-order valence-electron chi connectivity index (χ3n) is 7.05. The van der Waals surface area contributed by atoms with Gasteiger partial charge in [0.15, 0.2) is 0 Å². The second kappa shape index (κ2) is 13.8. The van der Waals surface area contributed by atoms with Crippen LogP contribution in [0.3, 0.4) is 0 Å². The molecule has 2 amide bonds. The Morgan fingerprint density at radius 2 is 1.91 bits per heavy atom. The number of urea groups is 1. The molecule has 0 unspecified atom stereocenters. The van der Waals surface area contributed by atoms with Crippen LogP contribution in [-0.2, 0) is 9.47 Å². The summed E-state index contributed by atoms with van der Waals surface area (Å²) in [6.07, 6.45) is 10.5. The van der Waals surface area contributed by atoms with E-state index in [0.717, 1.165) is 38.8 Å². The smallest absolute Gasteiger partial charge is 0.317 e. The number of hydrogen-bond donors (Lipinski definition) is 2. The molecule has 0 bridgehead atoms. The van der Waals surface area contributed by atoms with Crippen LogP contribution in [0.25, 0.3) is 0 Å². The molecule has 32 heavy (non-hydrogen) atoms. The Kier molecular flexibility index (Phi) is 10.8. The lowest BCUT2D eigenvalue weighted by Crippen LogP contribution is -2.51. The molecule has 1 aliphatic heterocycles. The van der Waals surface area contributed by atoms with Crippen LogP contribution in [-0.4, -0.2) is 56.9 Å². The monoisotopic (exact) mass is 445 g/mol. The highest BCUT2D eigenvalue weighted by Crippen LogP contribution is 2.33. The number of likely N-dealkylation sites (tertiary alicyclic amines) is 1. The van der Waals surface area contributed by atoms with Crippen LogP contribution in [0.5, 0.6) is 0 Å². The molecule has 1 aromatic carbocycles. The normalized spacial score (nSPS) is 21.8. The van der Waals surface area contributed by atoms with Gasteiger partial charge in [-0.05, 0) is 37.2 Å². The van der Waals surface area contributed by atoms with Crippen molar-refractivity contribution in [2.45, 2.75) is 69.9 Å². The lowest BCUT2D eigenvalue weighted by molar-refractivity contribution is -0.0167. The fourth-order valence-corrected chi connectivity index (χ4v) is 5.31. The van der Waals surface area contributed by atoms with Gasteiger partial charge in [0.25, 0.3) is 0 Å². The van der Waals surface area contributed by atoms with Gasteiger partial charge in [0, 0.05) is 51.9 Å². The Morgan fingerprint density at radius 1 is 1.12 bits per heavy atom. The van der Waals surface area contributed by atoms with Crippen molar-refractivity contribution < 1.29 is 14.3 Å². The van der Waals surface area contributed by atoms with E-state index in [2.05, 4.69) is 29.6 Å². The van der Waals surface area contributed by atoms with Crippen LogP contribution in [0, 0.1) is 11.8 Å². The molecular weight excluding hydrogens is 402 g/mol. The summed E-state index contributed by atoms with van der Waals surface area (Å²) in [5.74, 6) is 0.990. The molecular formula is C26H43N3O3. The van der Waals surface area contributed by atoms with Gasteiger partial charge in [-0.1, -0.05) is 62.4 Å². The summed E-state index contributed by atoms with van der Waals surface area (Å²) in [4.78, 5) is 15.1. The minimum Gasteiger partial charge on any atom is -0.385 e. The van der Waals surface area contributed by atoms with E-state index in [9.17, 15) is 4.79 Å². The van der Waals surface area contributed by atoms with Gasteiger partial charge in [-0.15, -0.1) is 0 Å². The Balaban J connectivity index is 1.57. The largest absolute Gasteiger partial charge is 0.385 e. The average molecular weight is 446 g/mol. The first-order valence-electron chi connectivity index (χ1n) is 12.6. The second-order valence-corrected chi connectivity index (χ2v) is 9.52. The summed E-state index contributed by atoms with van der Waals surface area (Å²) in [5.41, 5.74) is 7.22. The van der Waals surface area contributed by atoms with Crippen molar-refractivity contribution in [3.8, 4) is 0 Å². The van der Waals surface area contributed by atoms with Gasteiger partial charge in [0.1, 0.15) is 0 Å². The standard InChI is InChI=1S/C26H43N3O3/c1-31-16-9-17-32-25(22-12-6-3-7-13-22)23-14-8-15-29(20-23)26(30)28-24(19-27)18-21-10-4-2-5-11-21/h3,6-7,12-13,21,23-25H,2,4-5,8-11,14-20,27H2,1H3,(H,28,30)/t23-,24+,25+/m1/s1. The van der Waals surface area contributed by atoms with E-state index in [1.807, 2.05) is 11.0 Å². The number of nitrogens with two attached hydrogens (primary N) is 1. The first kappa shape index (κ1) is 25.0. The number of nitrogens with zero attached hydrogens (tertiary/aromatic N) is 1. The van der Waals surface area contributed by atoms with Crippen LogP contribution in [0.4, 0.5) is 4.79 Å². The van der Waals surface area contributed by atoms with Crippen molar-refractivity contribution in [2.24, 2.45) is 17.6 Å². The Bertz CT molecular complexity index is 651. The van der Waals surface area contributed by atoms with E-state index in [-0.39, 0.29) is 24.1 Å². The van der Waals surface area contributed by atoms with Crippen molar-refractivity contribution in [3.05, 3.63) is 35.9 Å². The third kappa shape index (κ3) is 7.75. The molecule has 6 heteroatoms. The fraction of sp³-hybridized carbons (Fsp3) is 0.731. The zero-order valence-electron chi connectivity index (χ0n) is 19.8. The summed E-state index contributed by atoms with van der Waals surface area (Å²) in [5, 5.41) is 3.25. The maximum Gasteiger partial charge on any atom is 0.317 e. The molecule has 1 saturated heterocycles. The summed E-state index contributed by atoms with van der Waals surface area (Å²) >= 11 is 0. The minimum atomic E-state index is -0.00352. The molecule has 0 spiro atoms. The van der Waals surface area contributed by atoms with Crippen LogP contribution in [0.1, 0.15) is 69.5 Å². The highest BCUT2D eigenvalue weighted by molar-refractivity contribution is 5.74. The third-order valence-corrected chi connectivity index (χ3v) is 7.05. The number of carbonyl (C=O) groups excluding carboxylic acids is 1. The number of ether oxygens (including phenoxy) is 2. The quantitative estimate of drug-likeness (QED) is 0.492. The van der Waals surface area contributed by atoms with Gasteiger partial charge < -0.3 is 25.4 Å². The lowest BCUT2D eigenvalue weighted by atomic mass is 9.85. The van der Waals surface area contributed by atoms with Crippen LogP contribution < -0.4 is 11.1 Å². The first-order valence-corrected chi connectivity index (χ1v) is 12.6. The molecule has 3 N–H and O–H groups in total. The lowest BCUT2D eigenvalue weighted by Gasteiger charge is -2.38. The molecule has 0 radical (unpaired) electrons. The number of rotatable bonds is 11. The number of hydrogen-bond acceptors (Lipinski definition) is 4. The number of methoxy groups -OCH3 is 1. The minimum absolute atomic E-state index is 0.00352. The summed E-state index contributed by atoms with van der Waals surface area (Å²) < 4.78 is 11.5. The molecule has 1 aliphatic carbocycles. The van der Waals surface area contributed by atoms with E-state index in [1.165, 1.54) is 37.7 Å². The van der Waals surface area contributed by atoms with Crippen LogP contribution in [0.2, 0.25) is 0 Å². The zero-order valence-corrected chi connectivity index (χ0v) is 19.8. The second-order valence-electron chi connectivity index (χ2n) is 9.52. The molecule has 2 aliphatic rings. The van der Waals surface area contributed by atoms with E-state index in [0.29, 0.717) is 25.7 Å². The molecule has 2 fully saturated rings. The summed E-state index contributed by atoms with van der Waals surface area (Å²) in [6.45, 7) is 3.38. The predicted octanol–water partition coefficient (Wildman–Crippen LogP) is 4.50. The highest BCUT2D eigenvalue weighted by Gasteiger charge is 2.32. The van der Waals surface area contributed by atoms with E-state index in [4.69, 9.17) is 15.2 Å². The average Bonchev–Trinajstić information content (AvgIpc) is 2.85. The number of carbonyl (C=O) groups is 1.